The number of rotatable bonds is 3. The van der Waals surface area contributed by atoms with Gasteiger partial charge in [0.25, 0.3) is 0 Å². The van der Waals surface area contributed by atoms with E-state index in [1.54, 1.807) is 0 Å². The molecule has 1 saturated heterocycles. The van der Waals surface area contributed by atoms with Crippen LogP contribution in [0.15, 0.2) is 0 Å². The highest BCUT2D eigenvalue weighted by atomic mass is 32.2. The van der Waals surface area contributed by atoms with Crippen molar-refractivity contribution >= 4 is 17.7 Å². The van der Waals surface area contributed by atoms with E-state index in [1.165, 1.54) is 38.5 Å². The van der Waals surface area contributed by atoms with Crippen LogP contribution in [0, 0.1) is 11.3 Å². The fourth-order valence-corrected chi connectivity index (χ4v) is 4.81. The summed E-state index contributed by atoms with van der Waals surface area (Å²) in [6.45, 7) is 2.20. The van der Waals surface area contributed by atoms with Crippen molar-refractivity contribution < 1.29 is 4.79 Å². The quantitative estimate of drug-likeness (QED) is 0.833. The van der Waals surface area contributed by atoms with Crippen molar-refractivity contribution in [1.29, 1.82) is 0 Å². The van der Waals surface area contributed by atoms with E-state index in [0.717, 1.165) is 24.8 Å². The zero-order chi connectivity index (χ0) is 13.3. The molecular formula is C15H26N2OS. The standard InChI is InChI=1S/C15H26N2OS/c1-19-12-4-2-3-11(9-12)17-14(18)13-10-15(13)5-7-16-8-6-15/h11-13,16H,2-10H2,1H3,(H,17,18). The second-order valence-corrected chi connectivity index (χ2v) is 7.74. The minimum atomic E-state index is 0.323. The highest BCUT2D eigenvalue weighted by molar-refractivity contribution is 7.99. The van der Waals surface area contributed by atoms with Crippen LogP contribution in [0.3, 0.4) is 0 Å². The molecule has 2 aliphatic carbocycles. The molecule has 3 aliphatic rings. The first-order chi connectivity index (χ1) is 9.23. The Kier molecular flexibility index (Phi) is 4.08. The number of thioether (sulfide) groups is 1. The molecule has 4 heteroatoms. The lowest BCUT2D eigenvalue weighted by molar-refractivity contribution is -0.124. The van der Waals surface area contributed by atoms with E-state index >= 15 is 0 Å². The fourth-order valence-electron chi connectivity index (χ4n) is 3.99. The van der Waals surface area contributed by atoms with Gasteiger partial charge < -0.3 is 10.6 Å². The Morgan fingerprint density at radius 2 is 2.11 bits per heavy atom. The molecule has 0 aromatic carbocycles. The molecule has 108 valence electrons. The molecule has 2 N–H and O–H groups in total. The second-order valence-electron chi connectivity index (χ2n) is 6.60. The minimum absolute atomic E-state index is 0.323. The third kappa shape index (κ3) is 2.94. The van der Waals surface area contributed by atoms with Crippen LogP contribution < -0.4 is 10.6 Å². The van der Waals surface area contributed by atoms with E-state index in [0.29, 0.717) is 23.3 Å². The summed E-state index contributed by atoms with van der Waals surface area (Å²) in [6, 6.07) is 0.443. The topological polar surface area (TPSA) is 41.1 Å². The third-order valence-electron chi connectivity index (χ3n) is 5.41. The normalized spacial score (nSPS) is 37.0. The maximum Gasteiger partial charge on any atom is 0.223 e. The molecule has 0 bridgehead atoms. The fraction of sp³-hybridized carbons (Fsp3) is 0.933. The van der Waals surface area contributed by atoms with Crippen LogP contribution in [0.4, 0.5) is 0 Å². The van der Waals surface area contributed by atoms with E-state index in [9.17, 15) is 4.79 Å². The van der Waals surface area contributed by atoms with Gasteiger partial charge in [-0.15, -0.1) is 0 Å². The molecule has 3 fully saturated rings. The van der Waals surface area contributed by atoms with Crippen molar-refractivity contribution in [3.8, 4) is 0 Å². The van der Waals surface area contributed by atoms with Gasteiger partial charge in [-0.1, -0.05) is 6.42 Å². The lowest BCUT2D eigenvalue weighted by Gasteiger charge is -2.29. The van der Waals surface area contributed by atoms with Crippen LogP contribution >= 0.6 is 11.8 Å². The largest absolute Gasteiger partial charge is 0.353 e. The Morgan fingerprint density at radius 1 is 1.32 bits per heavy atom. The molecule has 1 spiro atoms. The molecule has 3 unspecified atom stereocenters. The number of carbonyl (C=O) groups excluding carboxylic acids is 1. The Hall–Kier alpha value is -0.220. The zero-order valence-corrected chi connectivity index (χ0v) is 12.7. The van der Waals surface area contributed by atoms with E-state index in [1.807, 2.05) is 11.8 Å². The Balaban J connectivity index is 1.49. The van der Waals surface area contributed by atoms with E-state index < -0.39 is 0 Å². The molecule has 1 heterocycles. The van der Waals surface area contributed by atoms with Gasteiger partial charge in [-0.3, -0.25) is 4.79 Å². The minimum Gasteiger partial charge on any atom is -0.353 e. The maximum absolute atomic E-state index is 12.4. The molecule has 1 aliphatic heterocycles. The molecule has 19 heavy (non-hydrogen) atoms. The van der Waals surface area contributed by atoms with Gasteiger partial charge >= 0.3 is 0 Å². The van der Waals surface area contributed by atoms with Gasteiger partial charge in [-0.05, 0) is 63.3 Å². The smallest absolute Gasteiger partial charge is 0.223 e. The molecule has 3 rings (SSSR count). The molecule has 2 saturated carbocycles. The van der Waals surface area contributed by atoms with E-state index in [-0.39, 0.29) is 0 Å². The van der Waals surface area contributed by atoms with Crippen molar-refractivity contribution in [2.45, 2.75) is 56.2 Å². The Bertz CT molecular complexity index is 341. The lowest BCUT2D eigenvalue weighted by atomic mass is 9.91. The predicted octanol–water partition coefficient (Wildman–Crippen LogP) is 2.17. The Labute approximate surface area is 120 Å². The summed E-state index contributed by atoms with van der Waals surface area (Å²) in [4.78, 5) is 12.4. The van der Waals surface area contributed by atoms with Crippen molar-refractivity contribution in [1.82, 2.24) is 10.6 Å². The zero-order valence-electron chi connectivity index (χ0n) is 11.9. The van der Waals surface area contributed by atoms with Gasteiger partial charge in [0.05, 0.1) is 0 Å². The van der Waals surface area contributed by atoms with Gasteiger partial charge in [0.1, 0.15) is 0 Å². The monoisotopic (exact) mass is 282 g/mol. The first kappa shape index (κ1) is 13.7. The van der Waals surface area contributed by atoms with Crippen LogP contribution in [0.1, 0.15) is 44.9 Å². The summed E-state index contributed by atoms with van der Waals surface area (Å²) in [5.41, 5.74) is 0.378. The number of hydrogen-bond acceptors (Lipinski definition) is 3. The van der Waals surface area contributed by atoms with Crippen LogP contribution in [-0.2, 0) is 4.79 Å². The summed E-state index contributed by atoms with van der Waals surface area (Å²) in [5.74, 6) is 0.679. The van der Waals surface area contributed by atoms with Crippen molar-refractivity contribution in [2.24, 2.45) is 11.3 Å². The van der Waals surface area contributed by atoms with Crippen LogP contribution in [0.5, 0.6) is 0 Å². The maximum atomic E-state index is 12.4. The first-order valence-corrected chi connectivity index (χ1v) is 9.06. The van der Waals surface area contributed by atoms with E-state index in [2.05, 4.69) is 16.9 Å². The van der Waals surface area contributed by atoms with Gasteiger partial charge in [0.15, 0.2) is 0 Å². The average molecular weight is 282 g/mol. The highest BCUT2D eigenvalue weighted by Crippen LogP contribution is 2.58. The molecule has 3 atom stereocenters. The summed E-state index contributed by atoms with van der Waals surface area (Å²) in [5, 5.41) is 7.50. The summed E-state index contributed by atoms with van der Waals surface area (Å²) in [6.07, 6.45) is 10.7. The second kappa shape index (κ2) is 5.65. The van der Waals surface area contributed by atoms with Crippen LogP contribution in [-0.4, -0.2) is 36.5 Å². The molecule has 0 aromatic heterocycles. The average Bonchev–Trinajstić information content (AvgIpc) is 3.13. The molecule has 3 nitrogen and oxygen atoms in total. The van der Waals surface area contributed by atoms with Gasteiger partial charge in [-0.25, -0.2) is 0 Å². The van der Waals surface area contributed by atoms with Crippen molar-refractivity contribution in [3.05, 3.63) is 0 Å². The van der Waals surface area contributed by atoms with Crippen molar-refractivity contribution in [2.75, 3.05) is 19.3 Å². The lowest BCUT2D eigenvalue weighted by Crippen LogP contribution is -2.41. The predicted molar refractivity (Wildman–Crippen MR) is 80.3 cm³/mol. The van der Waals surface area contributed by atoms with Crippen molar-refractivity contribution in [3.63, 3.8) is 0 Å². The highest BCUT2D eigenvalue weighted by Gasteiger charge is 2.57. The van der Waals surface area contributed by atoms with Gasteiger partial charge in [0, 0.05) is 17.2 Å². The molecular weight excluding hydrogens is 256 g/mol. The van der Waals surface area contributed by atoms with Gasteiger partial charge in [-0.2, -0.15) is 11.8 Å². The summed E-state index contributed by atoms with van der Waals surface area (Å²) in [7, 11) is 0. The number of nitrogens with one attached hydrogen (secondary N) is 2. The number of amides is 1. The SMILES string of the molecule is CSC1CCCC(NC(=O)C2CC23CCNCC3)C1. The van der Waals surface area contributed by atoms with Crippen LogP contribution in [0.25, 0.3) is 0 Å². The first-order valence-electron chi connectivity index (χ1n) is 7.77. The van der Waals surface area contributed by atoms with E-state index in [4.69, 9.17) is 0 Å². The number of piperidine rings is 1. The number of carbonyl (C=O) groups is 1. The van der Waals surface area contributed by atoms with Gasteiger partial charge in [0.2, 0.25) is 5.91 Å². The molecule has 0 radical (unpaired) electrons. The Morgan fingerprint density at radius 3 is 2.84 bits per heavy atom. The molecule has 1 amide bonds. The molecule has 0 aromatic rings. The third-order valence-corrected chi connectivity index (χ3v) is 6.51. The summed E-state index contributed by atoms with van der Waals surface area (Å²) < 4.78 is 0. The summed E-state index contributed by atoms with van der Waals surface area (Å²) >= 11 is 1.96. The van der Waals surface area contributed by atoms with Crippen LogP contribution in [0.2, 0.25) is 0 Å². The number of hydrogen-bond donors (Lipinski definition) is 2.